The molecule has 0 saturated carbocycles. The fourth-order valence-corrected chi connectivity index (χ4v) is 5.95. The molecule has 176 valence electrons. The van der Waals surface area contributed by atoms with Crippen LogP contribution in [-0.4, -0.2) is 44.2 Å². The molecule has 33 heavy (non-hydrogen) atoms. The number of hydrogen-bond donors (Lipinski definition) is 1. The lowest BCUT2D eigenvalue weighted by molar-refractivity contribution is -0.122. The van der Waals surface area contributed by atoms with Crippen LogP contribution in [0.4, 0.5) is 11.4 Å². The van der Waals surface area contributed by atoms with E-state index in [1.165, 1.54) is 17.7 Å². The predicted octanol–water partition coefficient (Wildman–Crippen LogP) is 3.81. The van der Waals surface area contributed by atoms with Crippen LogP contribution >= 0.6 is 0 Å². The number of amides is 2. The van der Waals surface area contributed by atoms with Gasteiger partial charge in [-0.3, -0.25) is 9.59 Å². The van der Waals surface area contributed by atoms with E-state index in [4.69, 9.17) is 0 Å². The van der Waals surface area contributed by atoms with Gasteiger partial charge in [0.05, 0.1) is 10.8 Å². The Hall–Kier alpha value is -2.71. The number of nitrogens with zero attached hydrogens (tertiary/aromatic N) is 2. The zero-order valence-electron chi connectivity index (χ0n) is 19.0. The Kier molecular flexibility index (Phi) is 7.14. The minimum Gasteiger partial charge on any atom is -0.326 e. The van der Waals surface area contributed by atoms with Crippen molar-refractivity contribution in [2.75, 3.05) is 29.9 Å². The van der Waals surface area contributed by atoms with Gasteiger partial charge in [0, 0.05) is 37.4 Å². The van der Waals surface area contributed by atoms with E-state index >= 15 is 0 Å². The third-order valence-corrected chi connectivity index (χ3v) is 8.39. The Balaban J connectivity index is 1.39. The molecule has 0 aliphatic carbocycles. The highest BCUT2D eigenvalue weighted by molar-refractivity contribution is 7.89. The molecule has 1 unspecified atom stereocenters. The summed E-state index contributed by atoms with van der Waals surface area (Å²) in [4.78, 5) is 27.2. The number of aryl methyl sites for hydroxylation is 1. The number of sulfonamides is 1. The molecule has 1 atom stereocenters. The summed E-state index contributed by atoms with van der Waals surface area (Å²) in [5, 5.41) is 2.84. The molecule has 2 heterocycles. The normalized spacial score (nSPS) is 20.0. The van der Waals surface area contributed by atoms with E-state index in [-0.39, 0.29) is 23.1 Å². The fraction of sp³-hybridized carbons (Fsp3) is 0.440. The zero-order valence-corrected chi connectivity index (χ0v) is 19.8. The molecule has 2 aromatic rings. The van der Waals surface area contributed by atoms with Crippen LogP contribution in [0.5, 0.6) is 0 Å². The van der Waals surface area contributed by atoms with Crippen molar-refractivity contribution in [3.63, 3.8) is 0 Å². The Labute approximate surface area is 195 Å². The fourth-order valence-electron chi connectivity index (χ4n) is 4.43. The van der Waals surface area contributed by atoms with Crippen molar-refractivity contribution >= 4 is 33.2 Å². The number of hydrogen-bond acceptors (Lipinski definition) is 4. The molecule has 0 bridgehead atoms. The minimum absolute atomic E-state index is 0.0710. The van der Waals surface area contributed by atoms with Gasteiger partial charge in [-0.1, -0.05) is 31.9 Å². The number of nitrogens with one attached hydrogen (secondary N) is 1. The molecular weight excluding hydrogens is 438 g/mol. The highest BCUT2D eigenvalue weighted by Gasteiger charge is 2.35. The smallest absolute Gasteiger partial charge is 0.243 e. The molecule has 0 spiro atoms. The lowest BCUT2D eigenvalue weighted by Crippen LogP contribution is -2.32. The van der Waals surface area contributed by atoms with Gasteiger partial charge in [0.15, 0.2) is 0 Å². The lowest BCUT2D eigenvalue weighted by atomic mass is 10.1. The number of carbonyl (C=O) groups excluding carboxylic acids is 2. The Bertz CT molecular complexity index is 1090. The molecule has 4 rings (SSSR count). The van der Waals surface area contributed by atoms with Crippen LogP contribution in [0.15, 0.2) is 53.4 Å². The first-order valence-corrected chi connectivity index (χ1v) is 13.1. The molecule has 0 radical (unpaired) electrons. The van der Waals surface area contributed by atoms with Gasteiger partial charge in [-0.25, -0.2) is 8.42 Å². The van der Waals surface area contributed by atoms with Crippen LogP contribution in [0.2, 0.25) is 0 Å². The van der Waals surface area contributed by atoms with E-state index in [0.717, 1.165) is 37.8 Å². The van der Waals surface area contributed by atoms with E-state index in [1.54, 1.807) is 21.3 Å². The van der Waals surface area contributed by atoms with Gasteiger partial charge in [-0.15, -0.1) is 0 Å². The van der Waals surface area contributed by atoms with Crippen molar-refractivity contribution in [1.29, 1.82) is 0 Å². The summed E-state index contributed by atoms with van der Waals surface area (Å²) in [5.41, 5.74) is 2.52. The summed E-state index contributed by atoms with van der Waals surface area (Å²) < 4.78 is 27.4. The Morgan fingerprint density at radius 3 is 2.21 bits per heavy atom. The standard InChI is InChI=1S/C25H31N3O4S/c1-2-19-7-11-22(12-8-19)28-18-20(17-24(28)29)25(30)26-21-9-13-23(14-10-21)33(31,32)27-15-5-3-4-6-16-27/h7-14,20H,2-6,15-18H2,1H3,(H,26,30). The third kappa shape index (κ3) is 5.28. The second-order valence-corrected chi connectivity index (χ2v) is 10.7. The van der Waals surface area contributed by atoms with Crippen molar-refractivity contribution in [3.05, 3.63) is 54.1 Å². The van der Waals surface area contributed by atoms with E-state index in [9.17, 15) is 18.0 Å². The molecule has 8 heteroatoms. The van der Waals surface area contributed by atoms with Crippen LogP contribution in [0.1, 0.15) is 44.6 Å². The number of rotatable bonds is 6. The maximum atomic E-state index is 12.9. The van der Waals surface area contributed by atoms with Crippen LogP contribution in [0, 0.1) is 5.92 Å². The minimum atomic E-state index is -3.53. The van der Waals surface area contributed by atoms with Gasteiger partial charge in [-0.2, -0.15) is 4.31 Å². The molecule has 2 fully saturated rings. The predicted molar refractivity (Wildman–Crippen MR) is 129 cm³/mol. The second kappa shape index (κ2) is 10.1. The molecule has 2 saturated heterocycles. The largest absolute Gasteiger partial charge is 0.326 e. The topological polar surface area (TPSA) is 86.8 Å². The third-order valence-electron chi connectivity index (χ3n) is 6.48. The molecule has 1 N–H and O–H groups in total. The van der Waals surface area contributed by atoms with Crippen molar-refractivity contribution in [3.8, 4) is 0 Å². The summed E-state index contributed by atoms with van der Waals surface area (Å²) in [6.07, 6.45) is 4.96. The second-order valence-electron chi connectivity index (χ2n) is 8.76. The molecule has 0 aromatic heterocycles. The van der Waals surface area contributed by atoms with Gasteiger partial charge in [-0.05, 0) is 61.2 Å². The van der Waals surface area contributed by atoms with Crippen LogP contribution in [0.3, 0.4) is 0 Å². The van der Waals surface area contributed by atoms with Gasteiger partial charge < -0.3 is 10.2 Å². The summed E-state index contributed by atoms with van der Waals surface area (Å²) in [6.45, 7) is 3.51. The highest BCUT2D eigenvalue weighted by atomic mass is 32.2. The molecule has 2 aromatic carbocycles. The lowest BCUT2D eigenvalue weighted by Gasteiger charge is -2.20. The first-order valence-electron chi connectivity index (χ1n) is 11.7. The van der Waals surface area contributed by atoms with Crippen LogP contribution in [-0.2, 0) is 26.0 Å². The molecule has 2 aliphatic rings. The van der Waals surface area contributed by atoms with Gasteiger partial charge in [0.1, 0.15) is 0 Å². The Morgan fingerprint density at radius 2 is 1.61 bits per heavy atom. The van der Waals surface area contributed by atoms with Crippen LogP contribution in [0.25, 0.3) is 0 Å². The average molecular weight is 470 g/mol. The number of carbonyl (C=O) groups is 2. The van der Waals surface area contributed by atoms with E-state index in [2.05, 4.69) is 12.2 Å². The van der Waals surface area contributed by atoms with Crippen molar-refractivity contribution in [2.45, 2.75) is 50.3 Å². The molecular formula is C25H31N3O4S. The van der Waals surface area contributed by atoms with Crippen molar-refractivity contribution < 1.29 is 18.0 Å². The SMILES string of the molecule is CCc1ccc(N2CC(C(=O)Nc3ccc(S(=O)(=O)N4CCCCCC4)cc3)CC2=O)cc1. The van der Waals surface area contributed by atoms with E-state index in [1.807, 2.05) is 24.3 Å². The van der Waals surface area contributed by atoms with Gasteiger partial charge in [0.25, 0.3) is 0 Å². The quantitative estimate of drug-likeness (QED) is 0.697. The summed E-state index contributed by atoms with van der Waals surface area (Å²) >= 11 is 0. The van der Waals surface area contributed by atoms with Crippen LogP contribution < -0.4 is 10.2 Å². The first-order chi connectivity index (χ1) is 15.9. The summed E-state index contributed by atoms with van der Waals surface area (Å²) in [6, 6.07) is 14.1. The van der Waals surface area contributed by atoms with E-state index in [0.29, 0.717) is 25.3 Å². The highest BCUT2D eigenvalue weighted by Crippen LogP contribution is 2.27. The number of anilines is 2. The molecule has 2 aliphatic heterocycles. The maximum absolute atomic E-state index is 12.9. The van der Waals surface area contributed by atoms with Gasteiger partial charge >= 0.3 is 0 Å². The monoisotopic (exact) mass is 469 g/mol. The first kappa shape index (κ1) is 23.4. The van der Waals surface area contributed by atoms with Crippen molar-refractivity contribution in [1.82, 2.24) is 4.31 Å². The molecule has 7 nitrogen and oxygen atoms in total. The summed E-state index contributed by atoms with van der Waals surface area (Å²) in [7, 11) is -3.53. The maximum Gasteiger partial charge on any atom is 0.243 e. The average Bonchev–Trinajstić information content (AvgIpc) is 3.02. The van der Waals surface area contributed by atoms with Crippen molar-refractivity contribution in [2.24, 2.45) is 5.92 Å². The Morgan fingerprint density at radius 1 is 0.970 bits per heavy atom. The summed E-state index contributed by atoms with van der Waals surface area (Å²) in [5.74, 6) is -0.763. The zero-order chi connectivity index (χ0) is 23.4. The molecule has 2 amide bonds. The van der Waals surface area contributed by atoms with E-state index < -0.39 is 15.9 Å². The number of benzene rings is 2. The van der Waals surface area contributed by atoms with Gasteiger partial charge in [0.2, 0.25) is 21.8 Å².